The van der Waals surface area contributed by atoms with E-state index in [1.54, 1.807) is 12.4 Å². The van der Waals surface area contributed by atoms with Gasteiger partial charge in [-0.2, -0.15) is 4.98 Å². The van der Waals surface area contributed by atoms with Crippen LogP contribution in [-0.4, -0.2) is 42.3 Å². The monoisotopic (exact) mass is 424 g/mol. The molecular weight excluding hydrogens is 408 g/mol. The second-order valence-electron chi connectivity index (χ2n) is 5.66. The number of aromatic nitrogens is 2. The van der Waals surface area contributed by atoms with Crippen LogP contribution in [0.3, 0.4) is 0 Å². The van der Waals surface area contributed by atoms with Crippen LogP contribution in [0.4, 0.5) is 6.01 Å². The summed E-state index contributed by atoms with van der Waals surface area (Å²) in [4.78, 5) is 10.9. The minimum absolute atomic E-state index is 0. The lowest BCUT2D eigenvalue weighted by atomic mass is 10.2. The average molecular weight is 426 g/mol. The summed E-state index contributed by atoms with van der Waals surface area (Å²) in [5, 5.41) is 3.40. The Morgan fingerprint density at radius 3 is 3.12 bits per heavy atom. The van der Waals surface area contributed by atoms with E-state index in [4.69, 9.17) is 9.15 Å². The Morgan fingerprint density at radius 2 is 2.28 bits per heavy atom. The number of rotatable bonds is 4. The van der Waals surface area contributed by atoms with Crippen LogP contribution in [0, 0.1) is 0 Å². The van der Waals surface area contributed by atoms with Crippen LogP contribution in [0.25, 0.3) is 11.1 Å². The first-order chi connectivity index (χ1) is 11.8. The van der Waals surface area contributed by atoms with Crippen molar-refractivity contribution in [1.82, 2.24) is 15.3 Å². The molecule has 4 rings (SSSR count). The molecule has 1 fully saturated rings. The predicted octanol–water partition coefficient (Wildman–Crippen LogP) is 3.26. The third kappa shape index (κ3) is 4.05. The van der Waals surface area contributed by atoms with Gasteiger partial charge in [0.2, 0.25) is 0 Å². The van der Waals surface area contributed by atoms with Gasteiger partial charge in [0.1, 0.15) is 17.9 Å². The highest BCUT2D eigenvalue weighted by molar-refractivity contribution is 9.10. The van der Waals surface area contributed by atoms with Gasteiger partial charge in [0.15, 0.2) is 5.58 Å². The molecule has 132 valence electrons. The predicted molar refractivity (Wildman–Crippen MR) is 103 cm³/mol. The number of anilines is 1. The summed E-state index contributed by atoms with van der Waals surface area (Å²) < 4.78 is 12.8. The number of hydrogen-bond donors (Lipinski definition) is 1. The van der Waals surface area contributed by atoms with Crippen molar-refractivity contribution in [3.63, 3.8) is 0 Å². The van der Waals surface area contributed by atoms with Crippen LogP contribution in [0.1, 0.15) is 0 Å². The molecule has 1 aliphatic heterocycles. The summed E-state index contributed by atoms with van der Waals surface area (Å²) in [6.07, 6.45) is 3.45. The smallest absolute Gasteiger partial charge is 0.298 e. The lowest BCUT2D eigenvalue weighted by Crippen LogP contribution is -2.54. The minimum atomic E-state index is 0. The maximum atomic E-state index is 5.94. The summed E-state index contributed by atoms with van der Waals surface area (Å²) >= 11 is 3.47. The van der Waals surface area contributed by atoms with E-state index in [1.165, 1.54) is 0 Å². The zero-order valence-electron chi connectivity index (χ0n) is 13.4. The Hall–Kier alpha value is -1.83. The van der Waals surface area contributed by atoms with Gasteiger partial charge in [-0.25, -0.2) is 0 Å². The van der Waals surface area contributed by atoms with E-state index in [1.807, 2.05) is 30.3 Å². The van der Waals surface area contributed by atoms with E-state index < -0.39 is 0 Å². The summed E-state index contributed by atoms with van der Waals surface area (Å²) in [6.45, 7) is 3.09. The second-order valence-corrected chi connectivity index (χ2v) is 6.58. The van der Waals surface area contributed by atoms with Crippen molar-refractivity contribution >= 4 is 45.5 Å². The number of benzene rings is 1. The van der Waals surface area contributed by atoms with Crippen molar-refractivity contribution in [2.24, 2.45) is 0 Å². The number of piperazine rings is 1. The molecule has 0 saturated carbocycles. The lowest BCUT2D eigenvalue weighted by molar-refractivity contribution is 0.261. The summed E-state index contributed by atoms with van der Waals surface area (Å²) in [5.74, 6) is 0.768. The van der Waals surface area contributed by atoms with Gasteiger partial charge < -0.3 is 19.4 Å². The number of halogens is 2. The van der Waals surface area contributed by atoms with Crippen LogP contribution in [-0.2, 0) is 0 Å². The molecule has 8 heteroatoms. The molecular formula is C17H18BrClN4O2. The summed E-state index contributed by atoms with van der Waals surface area (Å²) in [5.41, 5.74) is 1.64. The number of pyridine rings is 1. The molecule has 1 aromatic carbocycles. The average Bonchev–Trinajstić information content (AvgIpc) is 3.04. The zero-order chi connectivity index (χ0) is 16.4. The number of hydrogen-bond acceptors (Lipinski definition) is 6. The Morgan fingerprint density at radius 1 is 1.36 bits per heavy atom. The molecule has 1 aliphatic rings. The van der Waals surface area contributed by atoms with E-state index in [0.29, 0.717) is 12.6 Å². The molecule has 25 heavy (non-hydrogen) atoms. The first-order valence-corrected chi connectivity index (χ1v) is 8.65. The SMILES string of the molecule is Brc1ccc2oc(N3CCNC[C@@H]3COc3cccnc3)nc2c1.Cl. The van der Waals surface area contributed by atoms with Crippen molar-refractivity contribution < 1.29 is 9.15 Å². The highest BCUT2D eigenvalue weighted by atomic mass is 79.9. The molecule has 2 aromatic heterocycles. The van der Waals surface area contributed by atoms with Gasteiger partial charge in [0, 0.05) is 30.3 Å². The molecule has 3 heterocycles. The van der Waals surface area contributed by atoms with Crippen molar-refractivity contribution in [3.05, 3.63) is 47.2 Å². The van der Waals surface area contributed by atoms with Gasteiger partial charge in [0.05, 0.1) is 12.2 Å². The number of nitrogens with one attached hydrogen (secondary N) is 1. The van der Waals surface area contributed by atoms with Gasteiger partial charge in [-0.05, 0) is 30.3 Å². The van der Waals surface area contributed by atoms with E-state index in [-0.39, 0.29) is 18.4 Å². The first kappa shape index (κ1) is 18.0. The van der Waals surface area contributed by atoms with Crippen molar-refractivity contribution in [3.8, 4) is 5.75 Å². The highest BCUT2D eigenvalue weighted by Crippen LogP contribution is 2.26. The fourth-order valence-corrected chi connectivity index (χ4v) is 3.15. The second kappa shape index (κ2) is 8.03. The van der Waals surface area contributed by atoms with E-state index in [2.05, 4.69) is 36.1 Å². The Bertz CT molecular complexity index is 830. The molecule has 3 aromatic rings. The van der Waals surface area contributed by atoms with Crippen LogP contribution in [0.2, 0.25) is 0 Å². The topological polar surface area (TPSA) is 63.4 Å². The Kier molecular flexibility index (Phi) is 5.78. The standard InChI is InChI=1S/C17H17BrN4O2.ClH/c18-12-3-4-16-15(8-12)21-17(24-16)22-7-6-20-9-13(22)11-23-14-2-1-5-19-10-14;/h1-5,8,10,13,20H,6-7,9,11H2;1H/t13-;/m1./s1. The van der Waals surface area contributed by atoms with E-state index in [9.17, 15) is 0 Å². The van der Waals surface area contributed by atoms with Crippen LogP contribution in [0.15, 0.2) is 51.6 Å². The van der Waals surface area contributed by atoms with Crippen LogP contribution in [0.5, 0.6) is 5.75 Å². The maximum absolute atomic E-state index is 5.94. The largest absolute Gasteiger partial charge is 0.490 e. The molecule has 0 spiro atoms. The molecule has 6 nitrogen and oxygen atoms in total. The van der Waals surface area contributed by atoms with Crippen molar-refractivity contribution in [2.45, 2.75) is 6.04 Å². The normalized spacial score (nSPS) is 17.3. The fraction of sp³-hybridized carbons (Fsp3) is 0.294. The van der Waals surface area contributed by atoms with Crippen molar-refractivity contribution in [1.29, 1.82) is 0 Å². The Balaban J connectivity index is 0.00000182. The number of nitrogens with zero attached hydrogens (tertiary/aromatic N) is 3. The number of ether oxygens (including phenoxy) is 1. The van der Waals surface area contributed by atoms with E-state index in [0.717, 1.165) is 41.0 Å². The molecule has 1 saturated heterocycles. The lowest BCUT2D eigenvalue weighted by Gasteiger charge is -2.34. The fourth-order valence-electron chi connectivity index (χ4n) is 2.80. The molecule has 1 N–H and O–H groups in total. The van der Waals surface area contributed by atoms with E-state index >= 15 is 0 Å². The molecule has 0 bridgehead atoms. The maximum Gasteiger partial charge on any atom is 0.298 e. The van der Waals surface area contributed by atoms with Crippen molar-refractivity contribution in [2.75, 3.05) is 31.1 Å². The van der Waals surface area contributed by atoms with Crippen LogP contribution >= 0.6 is 28.3 Å². The molecule has 0 aliphatic carbocycles. The quantitative estimate of drug-likeness (QED) is 0.692. The Labute approximate surface area is 160 Å². The third-order valence-electron chi connectivity index (χ3n) is 4.01. The first-order valence-electron chi connectivity index (χ1n) is 7.86. The number of fused-ring (bicyclic) bond motifs is 1. The highest BCUT2D eigenvalue weighted by Gasteiger charge is 2.27. The third-order valence-corrected chi connectivity index (χ3v) is 4.50. The zero-order valence-corrected chi connectivity index (χ0v) is 15.8. The molecule has 0 radical (unpaired) electrons. The summed E-state index contributed by atoms with van der Waals surface area (Å²) in [7, 11) is 0. The van der Waals surface area contributed by atoms with Crippen LogP contribution < -0.4 is 15.0 Å². The van der Waals surface area contributed by atoms with Gasteiger partial charge in [0.25, 0.3) is 6.01 Å². The molecule has 0 unspecified atom stereocenters. The van der Waals surface area contributed by atoms with Gasteiger partial charge in [-0.15, -0.1) is 12.4 Å². The minimum Gasteiger partial charge on any atom is -0.490 e. The van der Waals surface area contributed by atoms with Gasteiger partial charge in [-0.1, -0.05) is 15.9 Å². The number of oxazole rings is 1. The van der Waals surface area contributed by atoms with Gasteiger partial charge in [-0.3, -0.25) is 4.98 Å². The van der Waals surface area contributed by atoms with Gasteiger partial charge >= 0.3 is 0 Å². The summed E-state index contributed by atoms with van der Waals surface area (Å²) in [6, 6.07) is 10.4. The molecule has 0 amide bonds. The molecule has 1 atom stereocenters.